The first-order chi connectivity index (χ1) is 7.75. The zero-order valence-electron chi connectivity index (χ0n) is 9.07. The van der Waals surface area contributed by atoms with E-state index in [-0.39, 0.29) is 11.4 Å². The van der Waals surface area contributed by atoms with Crippen molar-refractivity contribution >= 4 is 17.7 Å². The fraction of sp³-hybridized carbons (Fsp3) is 0.250. The van der Waals surface area contributed by atoms with E-state index in [9.17, 15) is 4.79 Å². The van der Waals surface area contributed by atoms with E-state index in [1.54, 1.807) is 11.8 Å². The Labute approximate surface area is 99.4 Å². The summed E-state index contributed by atoms with van der Waals surface area (Å²) in [6, 6.07) is 0. The molecule has 0 saturated heterocycles. The molecule has 2 rings (SSSR count). The second kappa shape index (κ2) is 5.07. The first-order valence-corrected chi connectivity index (χ1v) is 6.12. The number of carbonyl (C=O) groups is 1. The van der Waals surface area contributed by atoms with Crippen LogP contribution < -0.4 is 10.6 Å². The van der Waals surface area contributed by atoms with Crippen molar-refractivity contribution in [3.05, 3.63) is 47.1 Å². The summed E-state index contributed by atoms with van der Waals surface area (Å²) in [5.74, 6) is -0.0192. The molecule has 16 heavy (non-hydrogen) atoms. The van der Waals surface area contributed by atoms with Gasteiger partial charge in [-0.05, 0) is 17.4 Å². The Balaban J connectivity index is 1.98. The van der Waals surface area contributed by atoms with Crippen molar-refractivity contribution in [3.63, 3.8) is 0 Å². The molecule has 1 aliphatic heterocycles. The summed E-state index contributed by atoms with van der Waals surface area (Å²) < 4.78 is 0. The van der Waals surface area contributed by atoms with E-state index in [2.05, 4.69) is 28.2 Å². The molecule has 1 heterocycles. The van der Waals surface area contributed by atoms with E-state index < -0.39 is 0 Å². The molecule has 1 amide bonds. The maximum Gasteiger partial charge on any atom is 0.219 e. The van der Waals surface area contributed by atoms with Gasteiger partial charge in [0.05, 0.1) is 0 Å². The molecule has 1 unspecified atom stereocenters. The number of thioether (sulfide) groups is 1. The van der Waals surface area contributed by atoms with E-state index in [1.807, 2.05) is 18.2 Å². The van der Waals surface area contributed by atoms with Gasteiger partial charge in [-0.2, -0.15) is 0 Å². The molecule has 0 radical (unpaired) electrons. The van der Waals surface area contributed by atoms with Crippen LogP contribution in [0, 0.1) is 0 Å². The average molecular weight is 234 g/mol. The standard InChI is InChI=1S/C12H14N2OS/c1-9(15)13-12-14-11(8-16-12)10-6-4-2-3-5-7-10/h2-6,8,12,14H,7H2,1H3,(H,13,15). The number of amides is 1. The summed E-state index contributed by atoms with van der Waals surface area (Å²) in [5, 5.41) is 8.15. The van der Waals surface area contributed by atoms with E-state index >= 15 is 0 Å². The number of rotatable bonds is 2. The van der Waals surface area contributed by atoms with Crippen LogP contribution in [0.15, 0.2) is 47.1 Å². The third kappa shape index (κ3) is 2.79. The third-order valence-electron chi connectivity index (χ3n) is 2.28. The van der Waals surface area contributed by atoms with Crippen LogP contribution in [-0.2, 0) is 4.79 Å². The van der Waals surface area contributed by atoms with Crippen LogP contribution in [0.25, 0.3) is 0 Å². The second-order valence-electron chi connectivity index (χ2n) is 3.60. The summed E-state index contributed by atoms with van der Waals surface area (Å²) in [6.07, 6.45) is 11.2. The van der Waals surface area contributed by atoms with Gasteiger partial charge in [-0.1, -0.05) is 42.1 Å². The van der Waals surface area contributed by atoms with Crippen molar-refractivity contribution in [2.24, 2.45) is 0 Å². The van der Waals surface area contributed by atoms with Crippen molar-refractivity contribution in [2.75, 3.05) is 0 Å². The molecule has 0 aromatic rings. The second-order valence-corrected chi connectivity index (χ2v) is 4.58. The summed E-state index contributed by atoms with van der Waals surface area (Å²) in [6.45, 7) is 1.52. The van der Waals surface area contributed by atoms with Crippen LogP contribution in [0.3, 0.4) is 0 Å². The number of allylic oxidation sites excluding steroid dienone is 6. The maximum absolute atomic E-state index is 10.9. The lowest BCUT2D eigenvalue weighted by molar-refractivity contribution is -0.119. The van der Waals surface area contributed by atoms with Crippen LogP contribution in [0.2, 0.25) is 0 Å². The SMILES string of the molecule is CC(=O)NC1NC(C2=CC=CC=CC2)=CS1. The Bertz CT molecular complexity index is 407. The Kier molecular flexibility index (Phi) is 3.51. The number of carbonyl (C=O) groups excluding carboxylic acids is 1. The third-order valence-corrected chi connectivity index (χ3v) is 3.16. The molecule has 0 saturated carbocycles. The molecule has 0 fully saturated rings. The van der Waals surface area contributed by atoms with Gasteiger partial charge in [0, 0.05) is 12.6 Å². The predicted octanol–water partition coefficient (Wildman–Crippen LogP) is 2.03. The molecule has 2 aliphatic rings. The highest BCUT2D eigenvalue weighted by Gasteiger charge is 2.18. The molecule has 1 aliphatic carbocycles. The largest absolute Gasteiger partial charge is 0.356 e. The first kappa shape index (κ1) is 11.1. The van der Waals surface area contributed by atoms with Gasteiger partial charge >= 0.3 is 0 Å². The van der Waals surface area contributed by atoms with Crippen LogP contribution in [-0.4, -0.2) is 11.4 Å². The molecule has 1 atom stereocenters. The molecule has 3 nitrogen and oxygen atoms in total. The van der Waals surface area contributed by atoms with Gasteiger partial charge in [0.25, 0.3) is 0 Å². The highest BCUT2D eigenvalue weighted by atomic mass is 32.2. The zero-order valence-corrected chi connectivity index (χ0v) is 9.88. The van der Waals surface area contributed by atoms with Crippen molar-refractivity contribution < 1.29 is 4.79 Å². The predicted molar refractivity (Wildman–Crippen MR) is 67.4 cm³/mol. The molecule has 0 spiro atoms. The molecule has 0 aromatic heterocycles. The van der Waals surface area contributed by atoms with Crippen LogP contribution in [0.4, 0.5) is 0 Å². The highest BCUT2D eigenvalue weighted by Crippen LogP contribution is 2.26. The maximum atomic E-state index is 10.9. The Morgan fingerprint density at radius 1 is 1.50 bits per heavy atom. The quantitative estimate of drug-likeness (QED) is 0.768. The van der Waals surface area contributed by atoms with Crippen molar-refractivity contribution in [1.29, 1.82) is 0 Å². The van der Waals surface area contributed by atoms with Gasteiger partial charge in [0.15, 0.2) is 5.50 Å². The number of hydrogen-bond acceptors (Lipinski definition) is 3. The lowest BCUT2D eigenvalue weighted by Crippen LogP contribution is -2.38. The average Bonchev–Trinajstić information content (AvgIpc) is 2.53. The minimum atomic E-state index is -0.0374. The minimum absolute atomic E-state index is 0.0192. The Hall–Kier alpha value is -1.42. The fourth-order valence-corrected chi connectivity index (χ4v) is 2.47. The summed E-state index contributed by atoms with van der Waals surface area (Å²) in [5.41, 5.74) is 2.30. The number of hydrogen-bond donors (Lipinski definition) is 2. The Morgan fingerprint density at radius 3 is 3.19 bits per heavy atom. The molecule has 0 aromatic carbocycles. The monoisotopic (exact) mass is 234 g/mol. The summed E-state index contributed by atoms with van der Waals surface area (Å²) >= 11 is 1.59. The lowest BCUT2D eigenvalue weighted by Gasteiger charge is -2.14. The zero-order chi connectivity index (χ0) is 11.4. The van der Waals surface area contributed by atoms with E-state index in [4.69, 9.17) is 0 Å². The van der Waals surface area contributed by atoms with E-state index in [0.717, 1.165) is 12.1 Å². The lowest BCUT2D eigenvalue weighted by atomic mass is 10.1. The van der Waals surface area contributed by atoms with Crippen molar-refractivity contribution in [1.82, 2.24) is 10.6 Å². The summed E-state index contributed by atoms with van der Waals surface area (Å²) in [4.78, 5) is 10.9. The van der Waals surface area contributed by atoms with Gasteiger partial charge in [-0.15, -0.1) is 0 Å². The molecular formula is C12H14N2OS. The van der Waals surface area contributed by atoms with Crippen LogP contribution in [0.1, 0.15) is 13.3 Å². The van der Waals surface area contributed by atoms with E-state index in [0.29, 0.717) is 0 Å². The molecule has 84 valence electrons. The number of nitrogens with one attached hydrogen (secondary N) is 2. The molecule has 2 N–H and O–H groups in total. The van der Waals surface area contributed by atoms with Crippen LogP contribution >= 0.6 is 11.8 Å². The van der Waals surface area contributed by atoms with Gasteiger partial charge in [0.1, 0.15) is 0 Å². The van der Waals surface area contributed by atoms with Gasteiger partial charge in [-0.3, -0.25) is 4.79 Å². The van der Waals surface area contributed by atoms with Crippen molar-refractivity contribution in [2.45, 2.75) is 18.8 Å². The first-order valence-electron chi connectivity index (χ1n) is 5.18. The molecule has 4 heteroatoms. The van der Waals surface area contributed by atoms with E-state index in [1.165, 1.54) is 12.5 Å². The highest BCUT2D eigenvalue weighted by molar-refractivity contribution is 8.02. The van der Waals surface area contributed by atoms with Crippen LogP contribution in [0.5, 0.6) is 0 Å². The normalized spacial score (nSPS) is 23.2. The minimum Gasteiger partial charge on any atom is -0.356 e. The van der Waals surface area contributed by atoms with Gasteiger partial charge < -0.3 is 10.6 Å². The smallest absolute Gasteiger partial charge is 0.219 e. The van der Waals surface area contributed by atoms with Gasteiger partial charge in [0.2, 0.25) is 5.91 Å². The summed E-state index contributed by atoms with van der Waals surface area (Å²) in [7, 11) is 0. The topological polar surface area (TPSA) is 41.1 Å². The fourth-order valence-electron chi connectivity index (χ4n) is 1.55. The van der Waals surface area contributed by atoms with Crippen molar-refractivity contribution in [3.8, 4) is 0 Å². The molecular weight excluding hydrogens is 220 g/mol. The van der Waals surface area contributed by atoms with Gasteiger partial charge in [-0.25, -0.2) is 0 Å². The molecule has 0 bridgehead atoms. The Morgan fingerprint density at radius 2 is 2.38 bits per heavy atom.